The molecule has 0 radical (unpaired) electrons. The molecule has 0 saturated heterocycles. The summed E-state index contributed by atoms with van der Waals surface area (Å²) in [6, 6.07) is 0.523. The zero-order chi connectivity index (χ0) is 10.6. The molecule has 0 aliphatic heterocycles. The average Bonchev–Trinajstić information content (AvgIpc) is 2.18. The number of rotatable bonds is 10. The number of hydrogen-bond acceptors (Lipinski definition) is 3. The van der Waals surface area contributed by atoms with Crippen LogP contribution in [0.25, 0.3) is 0 Å². The first-order valence-electron chi connectivity index (χ1n) is 5.38. The molecule has 1 unspecified atom stereocenters. The van der Waals surface area contributed by atoms with Gasteiger partial charge in [-0.1, -0.05) is 19.4 Å². The molecule has 0 fully saturated rings. The fraction of sp³-hybridized carbons (Fsp3) is 0.818. The van der Waals surface area contributed by atoms with Crippen molar-refractivity contribution in [3.05, 3.63) is 12.7 Å². The van der Waals surface area contributed by atoms with E-state index in [9.17, 15) is 0 Å². The van der Waals surface area contributed by atoms with Crippen molar-refractivity contribution in [1.82, 2.24) is 5.32 Å². The number of ether oxygens (including phenoxy) is 1. The summed E-state index contributed by atoms with van der Waals surface area (Å²) < 4.78 is 5.15. The van der Waals surface area contributed by atoms with Crippen LogP contribution in [0.3, 0.4) is 0 Å². The van der Waals surface area contributed by atoms with Crippen LogP contribution in [0.15, 0.2) is 12.7 Å². The lowest BCUT2D eigenvalue weighted by atomic mass is 10.1. The molecule has 0 aromatic carbocycles. The van der Waals surface area contributed by atoms with Crippen molar-refractivity contribution in [3.63, 3.8) is 0 Å². The van der Waals surface area contributed by atoms with E-state index in [2.05, 4.69) is 18.8 Å². The smallest absolute Gasteiger partial charge is 0.0698 e. The molecule has 0 spiro atoms. The summed E-state index contributed by atoms with van der Waals surface area (Å²) in [5, 5.41) is 11.9. The third kappa shape index (κ3) is 8.23. The van der Waals surface area contributed by atoms with Gasteiger partial charge in [-0.3, -0.25) is 0 Å². The van der Waals surface area contributed by atoms with Crippen molar-refractivity contribution in [2.24, 2.45) is 0 Å². The van der Waals surface area contributed by atoms with Crippen molar-refractivity contribution >= 4 is 0 Å². The second kappa shape index (κ2) is 10.7. The molecule has 0 rings (SSSR count). The van der Waals surface area contributed by atoms with Crippen molar-refractivity contribution < 1.29 is 9.84 Å². The second-order valence-electron chi connectivity index (χ2n) is 3.30. The fourth-order valence-corrected chi connectivity index (χ4v) is 1.35. The van der Waals surface area contributed by atoms with Crippen LogP contribution < -0.4 is 5.32 Å². The Kier molecular flexibility index (Phi) is 10.4. The van der Waals surface area contributed by atoms with Gasteiger partial charge in [0.1, 0.15) is 0 Å². The molecule has 0 heterocycles. The fourth-order valence-electron chi connectivity index (χ4n) is 1.35. The number of hydrogen-bond donors (Lipinski definition) is 2. The van der Waals surface area contributed by atoms with Gasteiger partial charge in [0.25, 0.3) is 0 Å². The van der Waals surface area contributed by atoms with E-state index in [4.69, 9.17) is 9.84 Å². The minimum absolute atomic E-state index is 0.102. The van der Waals surface area contributed by atoms with Crippen LogP contribution in [0.5, 0.6) is 0 Å². The Balaban J connectivity index is 3.35. The first kappa shape index (κ1) is 13.6. The van der Waals surface area contributed by atoms with Gasteiger partial charge in [-0.2, -0.15) is 0 Å². The Hall–Kier alpha value is -0.380. The van der Waals surface area contributed by atoms with Crippen molar-refractivity contribution in [2.45, 2.75) is 32.2 Å². The van der Waals surface area contributed by atoms with Crippen LogP contribution in [0.4, 0.5) is 0 Å². The highest BCUT2D eigenvalue weighted by atomic mass is 16.5. The molecule has 2 N–H and O–H groups in total. The molecule has 84 valence electrons. The van der Waals surface area contributed by atoms with Gasteiger partial charge < -0.3 is 15.2 Å². The molecule has 1 atom stereocenters. The molecule has 0 saturated carbocycles. The van der Waals surface area contributed by atoms with Crippen LogP contribution in [0.2, 0.25) is 0 Å². The maximum atomic E-state index is 8.48. The Morgan fingerprint density at radius 3 is 2.86 bits per heavy atom. The first-order valence-corrected chi connectivity index (χ1v) is 5.38. The van der Waals surface area contributed by atoms with Crippen LogP contribution in [0.1, 0.15) is 26.2 Å². The van der Waals surface area contributed by atoms with E-state index in [1.165, 1.54) is 12.8 Å². The van der Waals surface area contributed by atoms with E-state index < -0.39 is 0 Å². The highest BCUT2D eigenvalue weighted by molar-refractivity contribution is 4.77. The van der Waals surface area contributed by atoms with Gasteiger partial charge in [-0.25, -0.2) is 0 Å². The van der Waals surface area contributed by atoms with Gasteiger partial charge in [-0.15, -0.1) is 6.58 Å². The maximum Gasteiger partial charge on any atom is 0.0698 e. The average molecular weight is 201 g/mol. The molecule has 3 heteroatoms. The van der Waals surface area contributed by atoms with Gasteiger partial charge in [0.05, 0.1) is 19.8 Å². The van der Waals surface area contributed by atoms with Crippen LogP contribution in [-0.4, -0.2) is 37.5 Å². The summed E-state index contributed by atoms with van der Waals surface area (Å²) in [6.45, 7) is 7.96. The molecule has 14 heavy (non-hydrogen) atoms. The van der Waals surface area contributed by atoms with E-state index in [0.29, 0.717) is 19.3 Å². The van der Waals surface area contributed by atoms with Gasteiger partial charge in [0.15, 0.2) is 0 Å². The third-order valence-corrected chi connectivity index (χ3v) is 2.00. The van der Waals surface area contributed by atoms with Crippen LogP contribution >= 0.6 is 0 Å². The summed E-state index contributed by atoms with van der Waals surface area (Å²) in [5.41, 5.74) is 0. The summed E-state index contributed by atoms with van der Waals surface area (Å²) in [7, 11) is 0. The lowest BCUT2D eigenvalue weighted by Crippen LogP contribution is -2.31. The molecule has 0 aliphatic carbocycles. The van der Waals surface area contributed by atoms with Gasteiger partial charge >= 0.3 is 0 Å². The van der Waals surface area contributed by atoms with Crippen molar-refractivity contribution in [3.8, 4) is 0 Å². The summed E-state index contributed by atoms with van der Waals surface area (Å²) in [6.07, 6.45) is 5.31. The van der Waals surface area contributed by atoms with Crippen LogP contribution in [-0.2, 0) is 4.74 Å². The molecule has 0 aliphatic rings. The lowest BCUT2D eigenvalue weighted by molar-refractivity contribution is 0.0924. The zero-order valence-electron chi connectivity index (χ0n) is 9.17. The Morgan fingerprint density at radius 2 is 2.29 bits per heavy atom. The van der Waals surface area contributed by atoms with Gasteiger partial charge in [-0.05, 0) is 12.8 Å². The highest BCUT2D eigenvalue weighted by Crippen LogP contribution is 2.01. The summed E-state index contributed by atoms with van der Waals surface area (Å²) in [4.78, 5) is 0. The van der Waals surface area contributed by atoms with Gasteiger partial charge in [0.2, 0.25) is 0 Å². The van der Waals surface area contributed by atoms with E-state index in [1.807, 2.05) is 6.08 Å². The van der Waals surface area contributed by atoms with Crippen molar-refractivity contribution in [1.29, 1.82) is 0 Å². The molecule has 0 bridgehead atoms. The monoisotopic (exact) mass is 201 g/mol. The molecule has 0 aromatic heterocycles. The van der Waals surface area contributed by atoms with Crippen molar-refractivity contribution in [2.75, 3.05) is 26.4 Å². The largest absolute Gasteiger partial charge is 0.394 e. The van der Waals surface area contributed by atoms with E-state index >= 15 is 0 Å². The normalized spacial score (nSPS) is 12.7. The molecule has 0 aromatic rings. The SMILES string of the molecule is C=CCC(CCC)NCCOCCO. The molecule has 0 amide bonds. The second-order valence-corrected chi connectivity index (χ2v) is 3.30. The molecular formula is C11H23NO2. The Bertz CT molecular complexity index is 128. The van der Waals surface area contributed by atoms with Gasteiger partial charge in [0, 0.05) is 12.6 Å². The summed E-state index contributed by atoms with van der Waals surface area (Å²) >= 11 is 0. The van der Waals surface area contributed by atoms with E-state index in [0.717, 1.165) is 13.0 Å². The minimum atomic E-state index is 0.102. The first-order chi connectivity index (χ1) is 6.85. The standard InChI is InChI=1S/C11H23NO2/c1-3-5-11(6-4-2)12-7-9-14-10-8-13/h3,11-13H,1,4-10H2,2H3. The maximum absolute atomic E-state index is 8.48. The predicted molar refractivity (Wildman–Crippen MR) is 59.4 cm³/mol. The zero-order valence-corrected chi connectivity index (χ0v) is 9.17. The Labute approximate surface area is 87.2 Å². The molecule has 3 nitrogen and oxygen atoms in total. The number of nitrogens with one attached hydrogen (secondary N) is 1. The van der Waals surface area contributed by atoms with E-state index in [-0.39, 0.29) is 6.61 Å². The molecular weight excluding hydrogens is 178 g/mol. The predicted octanol–water partition coefficient (Wildman–Crippen LogP) is 1.33. The third-order valence-electron chi connectivity index (χ3n) is 2.00. The minimum Gasteiger partial charge on any atom is -0.394 e. The summed E-state index contributed by atoms with van der Waals surface area (Å²) in [5.74, 6) is 0. The number of aliphatic hydroxyl groups is 1. The highest BCUT2D eigenvalue weighted by Gasteiger charge is 2.03. The van der Waals surface area contributed by atoms with E-state index in [1.54, 1.807) is 0 Å². The quantitative estimate of drug-likeness (QED) is 0.414. The number of aliphatic hydroxyl groups excluding tert-OH is 1. The topological polar surface area (TPSA) is 41.5 Å². The van der Waals surface area contributed by atoms with Crippen LogP contribution in [0, 0.1) is 0 Å². The lowest BCUT2D eigenvalue weighted by Gasteiger charge is -2.15. The Morgan fingerprint density at radius 1 is 1.50 bits per heavy atom.